The van der Waals surface area contributed by atoms with Gasteiger partial charge in [-0.3, -0.25) is 0 Å². The van der Waals surface area contributed by atoms with Gasteiger partial charge in [0.05, 0.1) is 5.75 Å². The van der Waals surface area contributed by atoms with E-state index < -0.39 is 15.7 Å². The van der Waals surface area contributed by atoms with Crippen LogP contribution in [0.5, 0.6) is 0 Å². The molecule has 0 aliphatic rings. The normalized spacial score (nSPS) is 11.7. The molecule has 0 heterocycles. The molecule has 0 amide bonds. The largest absolute Gasteiger partial charge is 0.326 e. The maximum absolute atomic E-state index is 13.0. The zero-order valence-corrected chi connectivity index (χ0v) is 9.35. The third kappa shape index (κ3) is 3.60. The van der Waals surface area contributed by atoms with Gasteiger partial charge in [-0.15, -0.1) is 0 Å². The first-order valence-electron chi connectivity index (χ1n) is 4.65. The van der Waals surface area contributed by atoms with E-state index in [-0.39, 0.29) is 18.1 Å². The first-order chi connectivity index (χ1) is 6.96. The molecule has 84 valence electrons. The molecule has 1 rings (SSSR count). The summed E-state index contributed by atoms with van der Waals surface area (Å²) in [5.74, 6) is -0.519. The first kappa shape index (κ1) is 12.1. The van der Waals surface area contributed by atoms with Crippen molar-refractivity contribution in [2.24, 2.45) is 5.73 Å². The van der Waals surface area contributed by atoms with E-state index in [1.165, 1.54) is 12.1 Å². The van der Waals surface area contributed by atoms with Crippen LogP contribution in [0.1, 0.15) is 18.1 Å². The van der Waals surface area contributed by atoms with E-state index in [2.05, 4.69) is 0 Å². The predicted octanol–water partition coefficient (Wildman–Crippen LogP) is 1.22. The lowest BCUT2D eigenvalue weighted by Gasteiger charge is -2.04. The Morgan fingerprint density at radius 2 is 1.87 bits per heavy atom. The van der Waals surface area contributed by atoms with Gasteiger partial charge in [0.25, 0.3) is 0 Å². The molecule has 0 aliphatic heterocycles. The molecule has 0 atom stereocenters. The highest BCUT2D eigenvalue weighted by atomic mass is 32.2. The van der Waals surface area contributed by atoms with Crippen LogP contribution in [0, 0.1) is 5.82 Å². The molecule has 0 unspecified atom stereocenters. The molecule has 0 fully saturated rings. The summed E-state index contributed by atoms with van der Waals surface area (Å²) in [5.41, 5.74) is 6.43. The molecule has 0 saturated heterocycles. The Kier molecular flexibility index (Phi) is 3.82. The van der Waals surface area contributed by atoms with Crippen molar-refractivity contribution in [2.75, 3.05) is 5.75 Å². The number of rotatable bonds is 4. The number of benzene rings is 1. The molecule has 0 saturated carbocycles. The van der Waals surface area contributed by atoms with E-state index in [0.717, 1.165) is 0 Å². The molecule has 0 spiro atoms. The van der Waals surface area contributed by atoms with Crippen LogP contribution >= 0.6 is 0 Å². The second kappa shape index (κ2) is 4.72. The lowest BCUT2D eigenvalue weighted by Crippen LogP contribution is -2.08. The van der Waals surface area contributed by atoms with Gasteiger partial charge in [0, 0.05) is 12.3 Å². The maximum atomic E-state index is 13.0. The van der Waals surface area contributed by atoms with Gasteiger partial charge < -0.3 is 5.73 Å². The van der Waals surface area contributed by atoms with E-state index in [9.17, 15) is 12.8 Å². The van der Waals surface area contributed by atoms with E-state index in [1.807, 2.05) is 0 Å². The van der Waals surface area contributed by atoms with Crippen molar-refractivity contribution in [3.05, 3.63) is 35.1 Å². The smallest absolute Gasteiger partial charge is 0.154 e. The van der Waals surface area contributed by atoms with Gasteiger partial charge in [-0.05, 0) is 23.3 Å². The Bertz CT molecular complexity index is 443. The minimum absolute atomic E-state index is 0.0570. The van der Waals surface area contributed by atoms with Crippen molar-refractivity contribution >= 4 is 9.84 Å². The lowest BCUT2D eigenvalue weighted by atomic mass is 10.1. The van der Waals surface area contributed by atoms with Gasteiger partial charge in [0.1, 0.15) is 5.82 Å². The number of hydrogen-bond donors (Lipinski definition) is 1. The van der Waals surface area contributed by atoms with Crippen molar-refractivity contribution in [2.45, 2.75) is 19.2 Å². The average molecular weight is 231 g/mol. The number of nitrogens with two attached hydrogens (primary N) is 1. The van der Waals surface area contributed by atoms with E-state index in [0.29, 0.717) is 11.1 Å². The Labute approximate surface area is 89.0 Å². The van der Waals surface area contributed by atoms with Gasteiger partial charge in [-0.1, -0.05) is 13.0 Å². The predicted molar refractivity (Wildman–Crippen MR) is 57.5 cm³/mol. The van der Waals surface area contributed by atoms with E-state index in [4.69, 9.17) is 5.73 Å². The fourth-order valence-electron chi connectivity index (χ4n) is 1.27. The summed E-state index contributed by atoms with van der Waals surface area (Å²) in [7, 11) is -3.12. The molecule has 15 heavy (non-hydrogen) atoms. The van der Waals surface area contributed by atoms with Crippen LogP contribution in [0.15, 0.2) is 18.2 Å². The zero-order chi connectivity index (χ0) is 11.5. The molecule has 0 bridgehead atoms. The van der Waals surface area contributed by atoms with Gasteiger partial charge in [-0.2, -0.15) is 0 Å². The summed E-state index contributed by atoms with van der Waals surface area (Å²) in [6.45, 7) is 1.77. The second-order valence-electron chi connectivity index (χ2n) is 3.35. The zero-order valence-electron chi connectivity index (χ0n) is 8.53. The highest BCUT2D eigenvalue weighted by molar-refractivity contribution is 7.90. The summed E-state index contributed by atoms with van der Waals surface area (Å²) < 4.78 is 35.7. The van der Waals surface area contributed by atoms with Gasteiger partial charge >= 0.3 is 0 Å². The SMILES string of the molecule is CCS(=O)(=O)Cc1cc(F)cc(CN)c1. The van der Waals surface area contributed by atoms with Crippen LogP contribution < -0.4 is 5.73 Å². The van der Waals surface area contributed by atoms with Crippen molar-refractivity contribution < 1.29 is 12.8 Å². The Morgan fingerprint density at radius 1 is 1.27 bits per heavy atom. The fourth-order valence-corrected chi connectivity index (χ4v) is 2.15. The van der Waals surface area contributed by atoms with E-state index in [1.54, 1.807) is 13.0 Å². The summed E-state index contributed by atoms with van der Waals surface area (Å²) in [6.07, 6.45) is 0. The second-order valence-corrected chi connectivity index (χ2v) is 5.70. The van der Waals surface area contributed by atoms with Crippen molar-refractivity contribution in [1.82, 2.24) is 0 Å². The van der Waals surface area contributed by atoms with Gasteiger partial charge in [-0.25, -0.2) is 12.8 Å². The number of sulfone groups is 1. The number of halogens is 1. The van der Waals surface area contributed by atoms with Crippen LogP contribution in [0.2, 0.25) is 0 Å². The molecular formula is C10H14FNO2S. The molecule has 0 aliphatic carbocycles. The molecule has 0 radical (unpaired) electrons. The lowest BCUT2D eigenvalue weighted by molar-refractivity contribution is 0.595. The fraction of sp³-hybridized carbons (Fsp3) is 0.400. The van der Waals surface area contributed by atoms with Crippen LogP contribution in [0.25, 0.3) is 0 Å². The Morgan fingerprint density at radius 3 is 2.40 bits per heavy atom. The summed E-state index contributed by atoms with van der Waals surface area (Å²) in [4.78, 5) is 0. The molecule has 3 nitrogen and oxygen atoms in total. The van der Waals surface area contributed by atoms with Crippen molar-refractivity contribution in [1.29, 1.82) is 0 Å². The Balaban J connectivity index is 3.00. The van der Waals surface area contributed by atoms with Crippen LogP contribution in [-0.4, -0.2) is 14.2 Å². The summed E-state index contributed by atoms with van der Waals surface area (Å²) in [5, 5.41) is 0. The first-order valence-corrected chi connectivity index (χ1v) is 6.48. The molecule has 1 aromatic rings. The number of hydrogen-bond acceptors (Lipinski definition) is 3. The molecule has 1 aromatic carbocycles. The van der Waals surface area contributed by atoms with E-state index >= 15 is 0 Å². The van der Waals surface area contributed by atoms with Crippen molar-refractivity contribution in [3.8, 4) is 0 Å². The highest BCUT2D eigenvalue weighted by Crippen LogP contribution is 2.12. The minimum Gasteiger partial charge on any atom is -0.326 e. The third-order valence-electron chi connectivity index (χ3n) is 2.08. The maximum Gasteiger partial charge on any atom is 0.154 e. The van der Waals surface area contributed by atoms with Gasteiger partial charge in [0.2, 0.25) is 0 Å². The van der Waals surface area contributed by atoms with Gasteiger partial charge in [0.15, 0.2) is 9.84 Å². The minimum atomic E-state index is -3.12. The highest BCUT2D eigenvalue weighted by Gasteiger charge is 2.10. The van der Waals surface area contributed by atoms with Crippen LogP contribution in [0.3, 0.4) is 0 Å². The average Bonchev–Trinajstić information content (AvgIpc) is 2.16. The van der Waals surface area contributed by atoms with Crippen molar-refractivity contribution in [3.63, 3.8) is 0 Å². The topological polar surface area (TPSA) is 60.2 Å². The third-order valence-corrected chi connectivity index (χ3v) is 3.73. The molecule has 0 aromatic heterocycles. The summed E-state index contributed by atoms with van der Waals surface area (Å²) in [6, 6.07) is 4.16. The Hall–Kier alpha value is -0.940. The summed E-state index contributed by atoms with van der Waals surface area (Å²) >= 11 is 0. The molecule has 5 heteroatoms. The standard InChI is InChI=1S/C10H14FNO2S/c1-2-15(13,14)7-9-3-8(6-12)4-10(11)5-9/h3-5H,2,6-7,12H2,1H3. The molecule has 2 N–H and O–H groups in total. The quantitative estimate of drug-likeness (QED) is 0.847. The monoisotopic (exact) mass is 231 g/mol. The van der Waals surface area contributed by atoms with Crippen LogP contribution in [-0.2, 0) is 22.1 Å². The van der Waals surface area contributed by atoms with Crippen LogP contribution in [0.4, 0.5) is 4.39 Å². The molecular weight excluding hydrogens is 217 g/mol.